The molecule has 0 bridgehead atoms. The van der Waals surface area contributed by atoms with Crippen LogP contribution in [0.4, 0.5) is 5.82 Å². The molecule has 0 aliphatic rings. The van der Waals surface area contributed by atoms with Gasteiger partial charge in [-0.15, -0.1) is 0 Å². The van der Waals surface area contributed by atoms with E-state index in [1.54, 1.807) is 32.4 Å². The number of rotatable bonds is 3. The lowest BCUT2D eigenvalue weighted by Crippen LogP contribution is -1.96. The molecule has 4 nitrogen and oxygen atoms in total. The first-order valence-corrected chi connectivity index (χ1v) is 6.16. The summed E-state index contributed by atoms with van der Waals surface area (Å²) in [6.45, 7) is 0. The highest BCUT2D eigenvalue weighted by Crippen LogP contribution is 2.36. The number of methoxy groups -OCH3 is 2. The third kappa shape index (κ3) is 2.69. The van der Waals surface area contributed by atoms with Gasteiger partial charge in [0.25, 0.3) is 0 Å². The first kappa shape index (κ1) is 13.8. The number of halogens is 2. The standard InChI is InChI=1S/C13H12Cl2N2O2/c1-18-10-4-3-7(5-11(10)19-2)12-8(14)6-9(15)13(16)17-12/h3-6H,1-2H3,(H2,16,17). The van der Waals surface area contributed by atoms with Crippen LogP contribution in [0.2, 0.25) is 10.0 Å². The van der Waals surface area contributed by atoms with E-state index in [1.165, 1.54) is 0 Å². The van der Waals surface area contributed by atoms with Crippen molar-refractivity contribution in [3.05, 3.63) is 34.3 Å². The molecule has 0 saturated heterocycles. The Bertz CT molecular complexity index is 618. The number of anilines is 1. The molecule has 2 N–H and O–H groups in total. The van der Waals surface area contributed by atoms with Crippen LogP contribution in [0.15, 0.2) is 24.3 Å². The second-order valence-electron chi connectivity index (χ2n) is 3.76. The smallest absolute Gasteiger partial charge is 0.161 e. The minimum atomic E-state index is 0.232. The number of hydrogen-bond acceptors (Lipinski definition) is 4. The number of nitrogens with zero attached hydrogens (tertiary/aromatic N) is 1. The first-order chi connectivity index (χ1) is 9.06. The molecule has 0 spiro atoms. The fraction of sp³-hybridized carbons (Fsp3) is 0.154. The van der Waals surface area contributed by atoms with Gasteiger partial charge in [0.05, 0.1) is 30.0 Å². The van der Waals surface area contributed by atoms with Gasteiger partial charge >= 0.3 is 0 Å². The molecule has 1 aromatic heterocycles. The molecule has 2 aromatic rings. The van der Waals surface area contributed by atoms with E-state index in [0.29, 0.717) is 27.2 Å². The summed E-state index contributed by atoms with van der Waals surface area (Å²) in [5.41, 5.74) is 7.01. The van der Waals surface area contributed by atoms with Gasteiger partial charge in [-0.2, -0.15) is 0 Å². The number of pyridine rings is 1. The second kappa shape index (κ2) is 5.55. The van der Waals surface area contributed by atoms with Gasteiger partial charge in [-0.25, -0.2) is 4.98 Å². The van der Waals surface area contributed by atoms with E-state index >= 15 is 0 Å². The zero-order valence-electron chi connectivity index (χ0n) is 10.4. The Morgan fingerprint density at radius 1 is 1.00 bits per heavy atom. The first-order valence-electron chi connectivity index (χ1n) is 5.40. The van der Waals surface area contributed by atoms with Gasteiger partial charge < -0.3 is 15.2 Å². The molecule has 0 unspecified atom stereocenters. The van der Waals surface area contributed by atoms with Crippen LogP contribution in [0.5, 0.6) is 11.5 Å². The van der Waals surface area contributed by atoms with Crippen molar-refractivity contribution < 1.29 is 9.47 Å². The Balaban J connectivity index is 2.56. The zero-order chi connectivity index (χ0) is 14.0. The van der Waals surface area contributed by atoms with Gasteiger partial charge in [-0.3, -0.25) is 0 Å². The summed E-state index contributed by atoms with van der Waals surface area (Å²) < 4.78 is 10.4. The number of benzene rings is 1. The predicted molar refractivity (Wildman–Crippen MR) is 77.2 cm³/mol. The maximum Gasteiger partial charge on any atom is 0.161 e. The highest BCUT2D eigenvalue weighted by Gasteiger charge is 2.12. The lowest BCUT2D eigenvalue weighted by molar-refractivity contribution is 0.355. The number of nitrogen functional groups attached to an aromatic ring is 1. The van der Waals surface area contributed by atoms with E-state index < -0.39 is 0 Å². The number of ether oxygens (including phenoxy) is 2. The maximum atomic E-state index is 6.13. The molecule has 0 saturated carbocycles. The molecule has 1 aromatic carbocycles. The van der Waals surface area contributed by atoms with Gasteiger partial charge in [-0.05, 0) is 24.3 Å². The van der Waals surface area contributed by atoms with Crippen LogP contribution in [0, 0.1) is 0 Å². The minimum absolute atomic E-state index is 0.232. The quantitative estimate of drug-likeness (QED) is 0.939. The zero-order valence-corrected chi connectivity index (χ0v) is 11.9. The highest BCUT2D eigenvalue weighted by molar-refractivity contribution is 6.37. The van der Waals surface area contributed by atoms with Crippen molar-refractivity contribution in [2.24, 2.45) is 0 Å². The molecule has 2 rings (SSSR count). The molecule has 19 heavy (non-hydrogen) atoms. The van der Waals surface area contributed by atoms with E-state index in [1.807, 2.05) is 6.07 Å². The summed E-state index contributed by atoms with van der Waals surface area (Å²) >= 11 is 12.0. The topological polar surface area (TPSA) is 57.4 Å². The number of nitrogens with two attached hydrogens (primary N) is 1. The highest BCUT2D eigenvalue weighted by atomic mass is 35.5. The van der Waals surface area contributed by atoms with Crippen molar-refractivity contribution >= 4 is 29.0 Å². The van der Waals surface area contributed by atoms with E-state index in [9.17, 15) is 0 Å². The summed E-state index contributed by atoms with van der Waals surface area (Å²) in [5, 5.41) is 0.751. The van der Waals surface area contributed by atoms with Crippen LogP contribution in [0.3, 0.4) is 0 Å². The van der Waals surface area contributed by atoms with Gasteiger partial charge in [0.15, 0.2) is 11.5 Å². The maximum absolute atomic E-state index is 6.13. The Morgan fingerprint density at radius 3 is 2.32 bits per heavy atom. The van der Waals surface area contributed by atoms with E-state index in [0.717, 1.165) is 5.56 Å². The molecule has 0 radical (unpaired) electrons. The molecule has 0 aliphatic heterocycles. The molecule has 0 fully saturated rings. The molecule has 0 atom stereocenters. The van der Waals surface area contributed by atoms with Crippen molar-refractivity contribution in [3.8, 4) is 22.8 Å². The van der Waals surface area contributed by atoms with Crippen LogP contribution in [0.1, 0.15) is 0 Å². The Kier molecular flexibility index (Phi) is 4.02. The van der Waals surface area contributed by atoms with Crippen LogP contribution < -0.4 is 15.2 Å². The molecule has 100 valence electrons. The van der Waals surface area contributed by atoms with E-state index in [-0.39, 0.29) is 5.82 Å². The van der Waals surface area contributed by atoms with Gasteiger partial charge in [0, 0.05) is 5.56 Å². The molecule has 0 aliphatic carbocycles. The molecule has 0 amide bonds. The van der Waals surface area contributed by atoms with Crippen molar-refractivity contribution in [2.45, 2.75) is 0 Å². The van der Waals surface area contributed by atoms with Crippen LogP contribution in [-0.2, 0) is 0 Å². The van der Waals surface area contributed by atoms with E-state index in [2.05, 4.69) is 4.98 Å². The third-order valence-electron chi connectivity index (χ3n) is 2.61. The Labute approximate surface area is 121 Å². The molecular formula is C13H12Cl2N2O2. The molecule has 1 heterocycles. The number of aromatic nitrogens is 1. The van der Waals surface area contributed by atoms with Gasteiger partial charge in [0.1, 0.15) is 5.82 Å². The molecule has 6 heteroatoms. The largest absolute Gasteiger partial charge is 0.493 e. The van der Waals surface area contributed by atoms with Crippen molar-refractivity contribution in [2.75, 3.05) is 20.0 Å². The average molecular weight is 299 g/mol. The Morgan fingerprint density at radius 2 is 1.68 bits per heavy atom. The fourth-order valence-corrected chi connectivity index (χ4v) is 2.13. The van der Waals surface area contributed by atoms with Crippen LogP contribution in [0.25, 0.3) is 11.3 Å². The summed E-state index contributed by atoms with van der Waals surface area (Å²) in [7, 11) is 3.13. The SMILES string of the molecule is COc1ccc(-c2nc(N)c(Cl)cc2Cl)cc1OC. The summed E-state index contributed by atoms with van der Waals surface area (Å²) in [5.74, 6) is 1.45. The van der Waals surface area contributed by atoms with Gasteiger partial charge in [0.2, 0.25) is 0 Å². The molecular weight excluding hydrogens is 287 g/mol. The second-order valence-corrected chi connectivity index (χ2v) is 4.57. The fourth-order valence-electron chi connectivity index (χ4n) is 1.67. The van der Waals surface area contributed by atoms with Crippen molar-refractivity contribution in [1.82, 2.24) is 4.98 Å². The average Bonchev–Trinajstić information content (AvgIpc) is 2.42. The van der Waals surface area contributed by atoms with E-state index in [4.69, 9.17) is 38.4 Å². The van der Waals surface area contributed by atoms with Crippen molar-refractivity contribution in [3.63, 3.8) is 0 Å². The van der Waals surface area contributed by atoms with Crippen LogP contribution >= 0.6 is 23.2 Å². The minimum Gasteiger partial charge on any atom is -0.493 e. The third-order valence-corrected chi connectivity index (χ3v) is 3.20. The normalized spacial score (nSPS) is 10.3. The Hall–Kier alpha value is -1.65. The predicted octanol–water partition coefficient (Wildman–Crippen LogP) is 3.65. The lowest BCUT2D eigenvalue weighted by Gasteiger charge is -2.11. The number of hydrogen-bond donors (Lipinski definition) is 1. The summed E-state index contributed by atoms with van der Waals surface area (Å²) in [6, 6.07) is 6.94. The summed E-state index contributed by atoms with van der Waals surface area (Å²) in [4.78, 5) is 4.19. The lowest BCUT2D eigenvalue weighted by atomic mass is 10.1. The monoisotopic (exact) mass is 298 g/mol. The summed E-state index contributed by atoms with van der Waals surface area (Å²) in [6.07, 6.45) is 0. The van der Waals surface area contributed by atoms with Crippen LogP contribution in [-0.4, -0.2) is 19.2 Å². The van der Waals surface area contributed by atoms with Crippen molar-refractivity contribution in [1.29, 1.82) is 0 Å². The van der Waals surface area contributed by atoms with Gasteiger partial charge in [-0.1, -0.05) is 23.2 Å².